The van der Waals surface area contributed by atoms with Crippen LogP contribution in [0, 0.1) is 0 Å². The minimum Gasteiger partial charge on any atom is -0.497 e. The summed E-state index contributed by atoms with van der Waals surface area (Å²) in [5.41, 5.74) is 1.06. The van der Waals surface area contributed by atoms with Crippen LogP contribution < -0.4 is 19.1 Å². The third-order valence-electron chi connectivity index (χ3n) is 5.05. The Morgan fingerprint density at radius 1 is 0.893 bits per heavy atom. The second-order valence-electron chi connectivity index (χ2n) is 6.68. The quantitative estimate of drug-likeness (QED) is 0.735. The summed E-state index contributed by atoms with van der Waals surface area (Å²) in [6, 6.07) is 12.3. The predicted octanol–water partition coefficient (Wildman–Crippen LogP) is 0.802. The molecule has 0 bridgehead atoms. The van der Waals surface area contributed by atoms with E-state index in [-0.39, 0.29) is 0 Å². The van der Waals surface area contributed by atoms with Crippen molar-refractivity contribution >= 4 is 10.0 Å². The molecule has 152 valence electrons. The van der Waals surface area contributed by atoms with Crippen molar-refractivity contribution in [3.63, 3.8) is 0 Å². The number of sulfonamides is 1. The molecule has 1 N–H and O–H groups in total. The van der Waals surface area contributed by atoms with Crippen molar-refractivity contribution in [3.8, 4) is 17.2 Å². The van der Waals surface area contributed by atoms with Crippen molar-refractivity contribution < 1.29 is 27.5 Å². The van der Waals surface area contributed by atoms with E-state index in [9.17, 15) is 8.42 Å². The second kappa shape index (κ2) is 8.81. The van der Waals surface area contributed by atoms with Gasteiger partial charge in [0.25, 0.3) is 0 Å². The van der Waals surface area contributed by atoms with Gasteiger partial charge in [-0.15, -0.1) is 0 Å². The molecule has 2 aromatic carbocycles. The molecule has 8 heteroatoms. The molecule has 1 aliphatic rings. The zero-order valence-electron chi connectivity index (χ0n) is 16.5. The van der Waals surface area contributed by atoms with Gasteiger partial charge < -0.3 is 19.1 Å². The van der Waals surface area contributed by atoms with E-state index in [1.54, 1.807) is 49.9 Å². The number of quaternary nitrogens is 1. The maximum atomic E-state index is 12.9. The van der Waals surface area contributed by atoms with Crippen LogP contribution in [0.3, 0.4) is 0 Å². The molecule has 1 fully saturated rings. The molecule has 7 nitrogen and oxygen atoms in total. The van der Waals surface area contributed by atoms with Gasteiger partial charge in [-0.1, -0.05) is 0 Å². The summed E-state index contributed by atoms with van der Waals surface area (Å²) in [4.78, 5) is 1.61. The summed E-state index contributed by atoms with van der Waals surface area (Å²) in [5, 5.41) is 0. The van der Waals surface area contributed by atoms with Crippen LogP contribution in [0.5, 0.6) is 17.2 Å². The fourth-order valence-corrected chi connectivity index (χ4v) is 4.85. The maximum Gasteiger partial charge on any atom is 0.243 e. The summed E-state index contributed by atoms with van der Waals surface area (Å²) in [7, 11) is 1.36. The van der Waals surface area contributed by atoms with Gasteiger partial charge in [-0.05, 0) is 42.5 Å². The van der Waals surface area contributed by atoms with Gasteiger partial charge in [-0.3, -0.25) is 0 Å². The maximum absolute atomic E-state index is 12.9. The van der Waals surface area contributed by atoms with Crippen molar-refractivity contribution in [2.75, 3.05) is 47.5 Å². The number of hydrogen-bond donors (Lipinski definition) is 1. The van der Waals surface area contributed by atoms with E-state index in [0.29, 0.717) is 23.7 Å². The number of nitrogens with one attached hydrogen (secondary N) is 1. The van der Waals surface area contributed by atoms with E-state index in [2.05, 4.69) is 0 Å². The summed E-state index contributed by atoms with van der Waals surface area (Å²) in [5.74, 6) is 2.25. The van der Waals surface area contributed by atoms with Crippen LogP contribution in [0.25, 0.3) is 0 Å². The van der Waals surface area contributed by atoms with Gasteiger partial charge in [0, 0.05) is 0 Å². The molecular formula is C20H27N2O5S+. The molecule has 0 aliphatic carbocycles. The molecule has 0 saturated carbocycles. The summed E-state index contributed by atoms with van der Waals surface area (Å²) >= 11 is 0. The smallest absolute Gasteiger partial charge is 0.243 e. The molecule has 1 aliphatic heterocycles. The first-order valence-corrected chi connectivity index (χ1v) is 10.6. The number of nitrogens with zero attached hydrogens (tertiary/aromatic N) is 1. The summed E-state index contributed by atoms with van der Waals surface area (Å²) in [6.45, 7) is 3.19. The van der Waals surface area contributed by atoms with Crippen LogP contribution in [-0.2, 0) is 16.6 Å². The van der Waals surface area contributed by atoms with E-state index in [0.717, 1.165) is 36.7 Å². The van der Waals surface area contributed by atoms with Gasteiger partial charge in [-0.25, -0.2) is 8.42 Å². The molecule has 0 amide bonds. The monoisotopic (exact) mass is 407 g/mol. The molecule has 0 radical (unpaired) electrons. The summed E-state index contributed by atoms with van der Waals surface area (Å²) in [6.07, 6.45) is 0. The molecule has 0 aromatic heterocycles. The standard InChI is InChI=1S/C20H26N2O5S/c1-25-17-4-7-19(8-5-17)28(23,24)22-12-10-21(11-13-22)15-16-14-18(26-2)6-9-20(16)27-3/h4-9,14H,10-13,15H2,1-3H3/p+1. The third-order valence-corrected chi connectivity index (χ3v) is 6.97. The molecule has 2 aromatic rings. The Kier molecular flexibility index (Phi) is 6.43. The zero-order chi connectivity index (χ0) is 20.1. The Balaban J connectivity index is 1.65. The Hall–Kier alpha value is -2.29. The van der Waals surface area contributed by atoms with E-state index < -0.39 is 10.0 Å². The highest BCUT2D eigenvalue weighted by atomic mass is 32.2. The van der Waals surface area contributed by atoms with Gasteiger partial charge in [0.05, 0.1) is 58.0 Å². The SMILES string of the molecule is COc1ccc(S(=O)(=O)N2CC[NH+](Cc3cc(OC)ccc3OC)CC2)cc1. The predicted molar refractivity (Wildman–Crippen MR) is 106 cm³/mol. The topological polar surface area (TPSA) is 69.5 Å². The largest absolute Gasteiger partial charge is 0.497 e. The molecule has 1 heterocycles. The van der Waals surface area contributed by atoms with Crippen molar-refractivity contribution in [1.82, 2.24) is 4.31 Å². The lowest BCUT2D eigenvalue weighted by Gasteiger charge is -2.31. The molecule has 0 spiro atoms. The van der Waals surface area contributed by atoms with Crippen LogP contribution >= 0.6 is 0 Å². The molecular weight excluding hydrogens is 380 g/mol. The highest BCUT2D eigenvalue weighted by Gasteiger charge is 2.30. The van der Waals surface area contributed by atoms with Gasteiger partial charge >= 0.3 is 0 Å². The Bertz CT molecular complexity index is 891. The van der Waals surface area contributed by atoms with Gasteiger partial charge in [-0.2, -0.15) is 4.31 Å². The normalized spacial score (nSPS) is 16.0. The molecule has 3 rings (SSSR count). The molecule has 0 unspecified atom stereocenters. The Morgan fingerprint density at radius 2 is 1.50 bits per heavy atom. The van der Waals surface area contributed by atoms with Gasteiger partial charge in [0.15, 0.2) is 0 Å². The van der Waals surface area contributed by atoms with Crippen LogP contribution in [-0.4, -0.2) is 60.2 Å². The number of ether oxygens (including phenoxy) is 3. The first-order valence-electron chi connectivity index (χ1n) is 9.16. The molecule has 28 heavy (non-hydrogen) atoms. The lowest BCUT2D eigenvalue weighted by molar-refractivity contribution is -0.917. The number of piperazine rings is 1. The third kappa shape index (κ3) is 4.40. The minimum atomic E-state index is -3.49. The van der Waals surface area contributed by atoms with E-state index >= 15 is 0 Å². The van der Waals surface area contributed by atoms with Crippen LogP contribution in [0.1, 0.15) is 5.56 Å². The van der Waals surface area contributed by atoms with Gasteiger partial charge in [0.2, 0.25) is 10.0 Å². The first kappa shape index (κ1) is 20.4. The van der Waals surface area contributed by atoms with E-state index in [1.807, 2.05) is 18.2 Å². The van der Waals surface area contributed by atoms with Crippen molar-refractivity contribution in [3.05, 3.63) is 48.0 Å². The van der Waals surface area contributed by atoms with Crippen LogP contribution in [0.15, 0.2) is 47.4 Å². The number of hydrogen-bond acceptors (Lipinski definition) is 5. The van der Waals surface area contributed by atoms with Crippen molar-refractivity contribution in [2.24, 2.45) is 0 Å². The number of methoxy groups -OCH3 is 3. The number of rotatable bonds is 7. The van der Waals surface area contributed by atoms with Crippen LogP contribution in [0.4, 0.5) is 0 Å². The zero-order valence-corrected chi connectivity index (χ0v) is 17.3. The van der Waals surface area contributed by atoms with E-state index in [4.69, 9.17) is 14.2 Å². The van der Waals surface area contributed by atoms with Crippen molar-refractivity contribution in [1.29, 1.82) is 0 Å². The number of benzene rings is 2. The second-order valence-corrected chi connectivity index (χ2v) is 8.62. The molecule has 0 atom stereocenters. The lowest BCUT2D eigenvalue weighted by atomic mass is 10.1. The fourth-order valence-electron chi connectivity index (χ4n) is 3.41. The highest BCUT2D eigenvalue weighted by Crippen LogP contribution is 2.23. The van der Waals surface area contributed by atoms with E-state index in [1.165, 1.54) is 4.90 Å². The highest BCUT2D eigenvalue weighted by molar-refractivity contribution is 7.89. The minimum absolute atomic E-state index is 0.297. The Morgan fingerprint density at radius 3 is 2.07 bits per heavy atom. The van der Waals surface area contributed by atoms with Crippen LogP contribution in [0.2, 0.25) is 0 Å². The molecule has 1 saturated heterocycles. The first-order chi connectivity index (χ1) is 13.5. The Labute approximate surface area is 166 Å². The lowest BCUT2D eigenvalue weighted by Crippen LogP contribution is -3.13. The van der Waals surface area contributed by atoms with Gasteiger partial charge in [0.1, 0.15) is 23.8 Å². The van der Waals surface area contributed by atoms with Crippen molar-refractivity contribution in [2.45, 2.75) is 11.4 Å². The average molecular weight is 408 g/mol. The summed E-state index contributed by atoms with van der Waals surface area (Å²) < 4.78 is 43.2. The average Bonchev–Trinajstić information content (AvgIpc) is 2.74. The fraction of sp³-hybridized carbons (Fsp3) is 0.400.